The highest BCUT2D eigenvalue weighted by Crippen LogP contribution is 2.29. The molecule has 0 bridgehead atoms. The van der Waals surface area contributed by atoms with E-state index >= 15 is 0 Å². The minimum Gasteiger partial charge on any atom is -0.496 e. The van der Waals surface area contributed by atoms with Gasteiger partial charge in [-0.15, -0.1) is 0 Å². The van der Waals surface area contributed by atoms with Gasteiger partial charge in [0.2, 0.25) is 0 Å². The predicted molar refractivity (Wildman–Crippen MR) is 62.9 cm³/mol. The molecule has 0 N–H and O–H groups in total. The fourth-order valence-electron chi connectivity index (χ4n) is 1.39. The van der Waals surface area contributed by atoms with Crippen LogP contribution < -0.4 is 4.74 Å². The Morgan fingerprint density at radius 2 is 2.13 bits per heavy atom. The Morgan fingerprint density at radius 3 is 2.73 bits per heavy atom. The van der Waals surface area contributed by atoms with Crippen LogP contribution in [0, 0.1) is 0 Å². The molecule has 0 amide bonds. The zero-order valence-corrected chi connectivity index (χ0v) is 10.2. The lowest BCUT2D eigenvalue weighted by Crippen LogP contribution is -1.89. The number of halogens is 1. The van der Waals surface area contributed by atoms with Crippen molar-refractivity contribution in [1.82, 2.24) is 9.78 Å². The average molecular weight is 267 g/mol. The maximum Gasteiger partial charge on any atom is 0.133 e. The number of benzene rings is 1. The molecule has 78 valence electrons. The topological polar surface area (TPSA) is 27.1 Å². The number of aromatic nitrogens is 2. The van der Waals surface area contributed by atoms with Crippen molar-refractivity contribution in [2.24, 2.45) is 7.05 Å². The van der Waals surface area contributed by atoms with Crippen molar-refractivity contribution in [3.05, 3.63) is 34.9 Å². The standard InChI is InChI=1S/C11H11BrN2O/c1-14-6-5-10(13-14)8-3-4-9(12)11(7-8)15-2/h3-7H,1-2H3. The molecular formula is C11H11BrN2O. The van der Waals surface area contributed by atoms with Crippen molar-refractivity contribution >= 4 is 15.9 Å². The summed E-state index contributed by atoms with van der Waals surface area (Å²) in [5, 5.41) is 4.33. The number of rotatable bonds is 2. The van der Waals surface area contributed by atoms with Gasteiger partial charge in [-0.25, -0.2) is 0 Å². The fraction of sp³-hybridized carbons (Fsp3) is 0.182. The molecule has 0 unspecified atom stereocenters. The largest absolute Gasteiger partial charge is 0.496 e. The molecule has 0 aliphatic carbocycles. The van der Waals surface area contributed by atoms with E-state index in [1.54, 1.807) is 11.8 Å². The number of nitrogens with zero attached hydrogens (tertiary/aromatic N) is 2. The van der Waals surface area contributed by atoms with Gasteiger partial charge >= 0.3 is 0 Å². The van der Waals surface area contributed by atoms with Crippen LogP contribution in [0.1, 0.15) is 0 Å². The van der Waals surface area contributed by atoms with Crippen molar-refractivity contribution in [2.75, 3.05) is 7.11 Å². The summed E-state index contributed by atoms with van der Waals surface area (Å²) >= 11 is 3.42. The van der Waals surface area contributed by atoms with Gasteiger partial charge in [0.15, 0.2) is 0 Å². The van der Waals surface area contributed by atoms with Gasteiger partial charge < -0.3 is 4.74 Å². The van der Waals surface area contributed by atoms with Crippen molar-refractivity contribution in [3.8, 4) is 17.0 Å². The van der Waals surface area contributed by atoms with E-state index in [2.05, 4.69) is 21.0 Å². The number of hydrogen-bond acceptors (Lipinski definition) is 2. The first-order valence-corrected chi connectivity index (χ1v) is 5.33. The molecule has 1 heterocycles. The average Bonchev–Trinajstić information content (AvgIpc) is 2.66. The van der Waals surface area contributed by atoms with Crippen LogP contribution in [0.2, 0.25) is 0 Å². The van der Waals surface area contributed by atoms with E-state index in [9.17, 15) is 0 Å². The minimum atomic E-state index is 0.818. The monoisotopic (exact) mass is 266 g/mol. The normalized spacial score (nSPS) is 10.3. The minimum absolute atomic E-state index is 0.818. The SMILES string of the molecule is COc1cc(-c2ccn(C)n2)ccc1Br. The Morgan fingerprint density at radius 1 is 1.33 bits per heavy atom. The van der Waals surface area contributed by atoms with E-state index in [1.165, 1.54) is 0 Å². The van der Waals surface area contributed by atoms with Crippen LogP contribution in [-0.2, 0) is 7.05 Å². The molecule has 0 radical (unpaired) electrons. The molecule has 1 aromatic heterocycles. The van der Waals surface area contributed by atoms with Crippen LogP contribution in [0.4, 0.5) is 0 Å². The van der Waals surface area contributed by atoms with Gasteiger partial charge in [0, 0.05) is 18.8 Å². The lowest BCUT2D eigenvalue weighted by molar-refractivity contribution is 0.412. The van der Waals surface area contributed by atoms with Gasteiger partial charge in [-0.2, -0.15) is 5.10 Å². The summed E-state index contributed by atoms with van der Waals surface area (Å²) in [6.07, 6.45) is 1.92. The van der Waals surface area contributed by atoms with Gasteiger partial charge in [0.05, 0.1) is 17.3 Å². The maximum atomic E-state index is 5.23. The van der Waals surface area contributed by atoms with Crippen LogP contribution in [0.5, 0.6) is 5.75 Å². The summed E-state index contributed by atoms with van der Waals surface area (Å²) in [6.45, 7) is 0. The first kappa shape index (κ1) is 10.2. The maximum absolute atomic E-state index is 5.23. The third kappa shape index (κ3) is 2.04. The van der Waals surface area contributed by atoms with Gasteiger partial charge in [-0.05, 0) is 34.1 Å². The lowest BCUT2D eigenvalue weighted by atomic mass is 10.1. The highest BCUT2D eigenvalue weighted by Gasteiger charge is 2.05. The highest BCUT2D eigenvalue weighted by molar-refractivity contribution is 9.10. The van der Waals surface area contributed by atoms with E-state index in [1.807, 2.05) is 37.5 Å². The number of aryl methyl sites for hydroxylation is 1. The van der Waals surface area contributed by atoms with Gasteiger partial charge in [0.25, 0.3) is 0 Å². The number of methoxy groups -OCH3 is 1. The summed E-state index contributed by atoms with van der Waals surface area (Å²) in [7, 11) is 3.56. The molecule has 2 aromatic rings. The van der Waals surface area contributed by atoms with Crippen LogP contribution in [0.3, 0.4) is 0 Å². The van der Waals surface area contributed by atoms with Gasteiger partial charge in [-0.1, -0.05) is 6.07 Å². The molecule has 3 nitrogen and oxygen atoms in total. The summed E-state index contributed by atoms with van der Waals surface area (Å²) in [4.78, 5) is 0. The van der Waals surface area contributed by atoms with Crippen LogP contribution in [0.25, 0.3) is 11.3 Å². The molecule has 15 heavy (non-hydrogen) atoms. The summed E-state index contributed by atoms with van der Waals surface area (Å²) in [6, 6.07) is 7.91. The first-order chi connectivity index (χ1) is 7.20. The van der Waals surface area contributed by atoms with E-state index in [0.29, 0.717) is 0 Å². The Balaban J connectivity index is 2.45. The van der Waals surface area contributed by atoms with E-state index < -0.39 is 0 Å². The third-order valence-electron chi connectivity index (χ3n) is 2.16. The molecule has 0 aliphatic rings. The fourth-order valence-corrected chi connectivity index (χ4v) is 1.80. The molecular weight excluding hydrogens is 256 g/mol. The Hall–Kier alpha value is -1.29. The molecule has 0 fully saturated rings. The van der Waals surface area contributed by atoms with Crippen LogP contribution in [-0.4, -0.2) is 16.9 Å². The molecule has 0 saturated carbocycles. The molecule has 0 aliphatic heterocycles. The molecule has 0 spiro atoms. The van der Waals surface area contributed by atoms with E-state index in [4.69, 9.17) is 4.74 Å². The van der Waals surface area contributed by atoms with Crippen LogP contribution >= 0.6 is 15.9 Å². The second-order valence-electron chi connectivity index (χ2n) is 3.22. The Kier molecular flexibility index (Phi) is 2.77. The van der Waals surface area contributed by atoms with Crippen molar-refractivity contribution < 1.29 is 4.74 Å². The first-order valence-electron chi connectivity index (χ1n) is 4.54. The van der Waals surface area contributed by atoms with Gasteiger partial charge in [0.1, 0.15) is 5.75 Å². The van der Waals surface area contributed by atoms with E-state index in [-0.39, 0.29) is 0 Å². The summed E-state index contributed by atoms with van der Waals surface area (Å²) in [5.41, 5.74) is 2.00. The molecule has 0 saturated heterocycles. The second-order valence-corrected chi connectivity index (χ2v) is 4.08. The Labute approximate surface area is 96.8 Å². The van der Waals surface area contributed by atoms with Gasteiger partial charge in [-0.3, -0.25) is 4.68 Å². The van der Waals surface area contributed by atoms with Crippen molar-refractivity contribution in [3.63, 3.8) is 0 Å². The zero-order valence-electron chi connectivity index (χ0n) is 8.57. The summed E-state index contributed by atoms with van der Waals surface area (Å²) in [5.74, 6) is 0.818. The smallest absolute Gasteiger partial charge is 0.133 e. The van der Waals surface area contributed by atoms with Crippen molar-refractivity contribution in [1.29, 1.82) is 0 Å². The quantitative estimate of drug-likeness (QED) is 0.836. The zero-order chi connectivity index (χ0) is 10.8. The predicted octanol–water partition coefficient (Wildman–Crippen LogP) is 2.86. The number of hydrogen-bond donors (Lipinski definition) is 0. The molecule has 1 aromatic carbocycles. The lowest BCUT2D eigenvalue weighted by Gasteiger charge is -2.04. The molecule has 4 heteroatoms. The highest BCUT2D eigenvalue weighted by atomic mass is 79.9. The Bertz CT molecular complexity index is 479. The summed E-state index contributed by atoms with van der Waals surface area (Å²) < 4.78 is 7.96. The molecule has 2 rings (SSSR count). The second kappa shape index (κ2) is 4.06. The van der Waals surface area contributed by atoms with Crippen molar-refractivity contribution in [2.45, 2.75) is 0 Å². The third-order valence-corrected chi connectivity index (χ3v) is 2.82. The molecule has 0 atom stereocenters. The number of ether oxygens (including phenoxy) is 1. The van der Waals surface area contributed by atoms with E-state index in [0.717, 1.165) is 21.5 Å². The van der Waals surface area contributed by atoms with Crippen LogP contribution in [0.15, 0.2) is 34.9 Å².